The number of nitrogens with zero attached hydrogens (tertiary/aromatic N) is 4. The van der Waals surface area contributed by atoms with Gasteiger partial charge < -0.3 is 5.73 Å². The van der Waals surface area contributed by atoms with Gasteiger partial charge in [0, 0.05) is 17.1 Å². The molecule has 0 saturated carbocycles. The molecule has 2 N–H and O–H groups in total. The van der Waals surface area contributed by atoms with Crippen molar-refractivity contribution in [3.8, 4) is 0 Å². The molecule has 2 heterocycles. The average Bonchev–Trinajstić information content (AvgIpc) is 2.27. The highest BCUT2D eigenvalue weighted by molar-refractivity contribution is 7.98. The summed E-state index contributed by atoms with van der Waals surface area (Å²) in [5, 5.41) is 0.765. The number of thioether (sulfide) groups is 1. The van der Waals surface area contributed by atoms with E-state index in [4.69, 9.17) is 5.73 Å². The molecule has 2 aromatic rings. The van der Waals surface area contributed by atoms with Gasteiger partial charge in [-0.1, -0.05) is 11.8 Å². The predicted molar refractivity (Wildman–Crippen MR) is 67.5 cm³/mol. The summed E-state index contributed by atoms with van der Waals surface area (Å²) < 4.78 is 0. The Morgan fingerprint density at radius 2 is 1.82 bits per heavy atom. The van der Waals surface area contributed by atoms with Crippen LogP contribution in [0.15, 0.2) is 23.6 Å². The van der Waals surface area contributed by atoms with E-state index in [0.717, 1.165) is 22.2 Å². The molecule has 17 heavy (non-hydrogen) atoms. The van der Waals surface area contributed by atoms with Gasteiger partial charge in [-0.15, -0.1) is 0 Å². The molecular weight excluding hydrogens is 234 g/mol. The van der Waals surface area contributed by atoms with Crippen molar-refractivity contribution in [2.75, 3.05) is 5.73 Å². The maximum absolute atomic E-state index is 5.47. The molecule has 0 bridgehead atoms. The van der Waals surface area contributed by atoms with Crippen molar-refractivity contribution in [3.63, 3.8) is 0 Å². The molecule has 0 saturated heterocycles. The van der Waals surface area contributed by atoms with Crippen LogP contribution in [-0.4, -0.2) is 19.9 Å². The minimum absolute atomic E-state index is 0.432. The SMILES string of the molecule is Cc1cc(C)nc(SCc2cnc(N)cn2)n1. The molecule has 0 aliphatic rings. The second kappa shape index (κ2) is 5.09. The van der Waals surface area contributed by atoms with E-state index in [-0.39, 0.29) is 0 Å². The third-order valence-electron chi connectivity index (χ3n) is 2.04. The number of nitrogen functional groups attached to an aromatic ring is 1. The molecule has 0 radical (unpaired) electrons. The van der Waals surface area contributed by atoms with Crippen molar-refractivity contribution in [1.82, 2.24) is 19.9 Å². The van der Waals surface area contributed by atoms with E-state index in [9.17, 15) is 0 Å². The normalized spacial score (nSPS) is 10.5. The molecular formula is C11H13N5S. The van der Waals surface area contributed by atoms with Crippen LogP contribution in [0.2, 0.25) is 0 Å². The van der Waals surface area contributed by atoms with Crippen LogP contribution in [0.25, 0.3) is 0 Å². The summed E-state index contributed by atoms with van der Waals surface area (Å²) in [5.74, 6) is 1.12. The maximum Gasteiger partial charge on any atom is 0.188 e. The second-order valence-corrected chi connectivity index (χ2v) is 4.60. The van der Waals surface area contributed by atoms with Crippen LogP contribution in [0.4, 0.5) is 5.82 Å². The van der Waals surface area contributed by atoms with Crippen molar-refractivity contribution in [3.05, 3.63) is 35.5 Å². The van der Waals surface area contributed by atoms with Crippen LogP contribution >= 0.6 is 11.8 Å². The Bertz CT molecular complexity index is 492. The Hall–Kier alpha value is -1.69. The van der Waals surface area contributed by atoms with Crippen molar-refractivity contribution in [1.29, 1.82) is 0 Å². The van der Waals surface area contributed by atoms with E-state index in [1.54, 1.807) is 24.2 Å². The lowest BCUT2D eigenvalue weighted by molar-refractivity contribution is 0.900. The van der Waals surface area contributed by atoms with Crippen LogP contribution in [0, 0.1) is 13.8 Å². The van der Waals surface area contributed by atoms with Gasteiger partial charge in [-0.3, -0.25) is 4.98 Å². The van der Waals surface area contributed by atoms with Gasteiger partial charge in [-0.2, -0.15) is 0 Å². The average molecular weight is 247 g/mol. The second-order valence-electron chi connectivity index (χ2n) is 3.65. The highest BCUT2D eigenvalue weighted by atomic mass is 32.2. The fraction of sp³-hybridized carbons (Fsp3) is 0.273. The summed E-state index contributed by atoms with van der Waals surface area (Å²) in [4.78, 5) is 16.9. The third-order valence-corrected chi connectivity index (χ3v) is 2.92. The van der Waals surface area contributed by atoms with Crippen molar-refractivity contribution in [2.24, 2.45) is 0 Å². The van der Waals surface area contributed by atoms with E-state index in [1.165, 1.54) is 0 Å². The molecule has 0 unspecified atom stereocenters. The monoisotopic (exact) mass is 247 g/mol. The van der Waals surface area contributed by atoms with Crippen LogP contribution in [-0.2, 0) is 5.75 Å². The van der Waals surface area contributed by atoms with E-state index >= 15 is 0 Å². The predicted octanol–water partition coefficient (Wildman–Crippen LogP) is 1.76. The molecule has 0 fully saturated rings. The Morgan fingerprint density at radius 1 is 1.12 bits per heavy atom. The molecule has 0 amide bonds. The first-order valence-corrected chi connectivity index (χ1v) is 6.13. The number of rotatable bonds is 3. The van der Waals surface area contributed by atoms with Crippen LogP contribution in [0.1, 0.15) is 17.1 Å². The van der Waals surface area contributed by atoms with Crippen LogP contribution in [0.3, 0.4) is 0 Å². The summed E-state index contributed by atoms with van der Waals surface area (Å²) in [7, 11) is 0. The summed E-state index contributed by atoms with van der Waals surface area (Å²) in [6, 6.07) is 1.95. The first kappa shape index (κ1) is 11.8. The van der Waals surface area contributed by atoms with Crippen molar-refractivity contribution < 1.29 is 0 Å². The minimum Gasteiger partial charge on any atom is -0.382 e. The Kier molecular flexibility index (Phi) is 3.53. The zero-order chi connectivity index (χ0) is 12.3. The topological polar surface area (TPSA) is 77.6 Å². The summed E-state index contributed by atoms with van der Waals surface area (Å²) in [5.41, 5.74) is 8.29. The quantitative estimate of drug-likeness (QED) is 0.657. The lowest BCUT2D eigenvalue weighted by atomic mass is 10.4. The van der Waals surface area contributed by atoms with Crippen molar-refractivity contribution >= 4 is 17.6 Å². The Morgan fingerprint density at radius 3 is 2.41 bits per heavy atom. The van der Waals surface area contributed by atoms with Gasteiger partial charge in [0.15, 0.2) is 5.16 Å². The number of hydrogen-bond donors (Lipinski definition) is 1. The number of aryl methyl sites for hydroxylation is 2. The Labute approximate surface area is 104 Å². The lowest BCUT2D eigenvalue weighted by Crippen LogP contribution is -1.96. The fourth-order valence-corrected chi connectivity index (χ4v) is 2.18. The summed E-state index contributed by atoms with van der Waals surface area (Å²) in [6.45, 7) is 3.92. The summed E-state index contributed by atoms with van der Waals surface area (Å²) in [6.07, 6.45) is 3.23. The molecule has 0 aliphatic carbocycles. The minimum atomic E-state index is 0.432. The van der Waals surface area contributed by atoms with Gasteiger partial charge in [-0.05, 0) is 19.9 Å². The number of aromatic nitrogens is 4. The molecule has 2 aromatic heterocycles. The highest BCUT2D eigenvalue weighted by Crippen LogP contribution is 2.18. The smallest absolute Gasteiger partial charge is 0.188 e. The van der Waals surface area contributed by atoms with Gasteiger partial charge in [-0.25, -0.2) is 15.0 Å². The van der Waals surface area contributed by atoms with Crippen LogP contribution in [0.5, 0.6) is 0 Å². The molecule has 2 rings (SSSR count). The zero-order valence-electron chi connectivity index (χ0n) is 9.71. The largest absolute Gasteiger partial charge is 0.382 e. The third kappa shape index (κ3) is 3.39. The molecule has 6 heteroatoms. The van der Waals surface area contributed by atoms with E-state index in [2.05, 4.69) is 19.9 Å². The molecule has 0 aromatic carbocycles. The highest BCUT2D eigenvalue weighted by Gasteiger charge is 2.02. The standard InChI is InChI=1S/C11H13N5S/c1-7-3-8(2)16-11(15-7)17-6-9-4-14-10(12)5-13-9/h3-5H,6H2,1-2H3,(H2,12,14). The van der Waals surface area contributed by atoms with E-state index in [0.29, 0.717) is 11.6 Å². The first-order valence-electron chi connectivity index (χ1n) is 5.15. The van der Waals surface area contributed by atoms with Gasteiger partial charge in [0.05, 0.1) is 18.1 Å². The van der Waals surface area contributed by atoms with E-state index in [1.807, 2.05) is 19.9 Å². The maximum atomic E-state index is 5.47. The molecule has 5 nitrogen and oxygen atoms in total. The molecule has 0 aliphatic heterocycles. The molecule has 0 atom stereocenters. The Balaban J connectivity index is 2.04. The fourth-order valence-electron chi connectivity index (χ4n) is 1.34. The number of anilines is 1. The zero-order valence-corrected chi connectivity index (χ0v) is 10.5. The van der Waals surface area contributed by atoms with Crippen molar-refractivity contribution in [2.45, 2.75) is 24.8 Å². The summed E-state index contributed by atoms with van der Waals surface area (Å²) >= 11 is 1.54. The lowest BCUT2D eigenvalue weighted by Gasteiger charge is -2.02. The molecule has 88 valence electrons. The van der Waals surface area contributed by atoms with E-state index < -0.39 is 0 Å². The van der Waals surface area contributed by atoms with Gasteiger partial charge in [0.2, 0.25) is 0 Å². The van der Waals surface area contributed by atoms with Crippen LogP contribution < -0.4 is 5.73 Å². The number of nitrogens with two attached hydrogens (primary N) is 1. The van der Waals surface area contributed by atoms with Gasteiger partial charge >= 0.3 is 0 Å². The number of hydrogen-bond acceptors (Lipinski definition) is 6. The van der Waals surface area contributed by atoms with Gasteiger partial charge in [0.1, 0.15) is 5.82 Å². The molecule has 0 spiro atoms. The first-order chi connectivity index (χ1) is 8.13. The van der Waals surface area contributed by atoms with Gasteiger partial charge in [0.25, 0.3) is 0 Å².